The first-order valence-electron chi connectivity index (χ1n) is 11.5. The highest BCUT2D eigenvalue weighted by molar-refractivity contribution is 7.15. The SMILES string of the molecule is CCOc1ccc(CNC(=O)[C@@H]2CCCN(C(=O)c3nnc(C(=O)Nc4ccccc4)s3)C2)cc1. The molecular formula is C25H27N5O4S. The van der Waals surface area contributed by atoms with Crippen LogP contribution < -0.4 is 15.4 Å². The molecule has 9 nitrogen and oxygen atoms in total. The summed E-state index contributed by atoms with van der Waals surface area (Å²) in [6, 6.07) is 16.6. The van der Waals surface area contributed by atoms with Crippen LogP contribution in [0.4, 0.5) is 5.69 Å². The second-order valence-corrected chi connectivity index (χ2v) is 9.10. The van der Waals surface area contributed by atoms with Crippen molar-refractivity contribution >= 4 is 34.7 Å². The van der Waals surface area contributed by atoms with Crippen molar-refractivity contribution in [1.82, 2.24) is 20.4 Å². The van der Waals surface area contributed by atoms with Gasteiger partial charge in [-0.25, -0.2) is 0 Å². The molecule has 4 rings (SSSR count). The van der Waals surface area contributed by atoms with Crippen LogP contribution in [-0.2, 0) is 11.3 Å². The van der Waals surface area contributed by atoms with Crippen molar-refractivity contribution in [2.45, 2.75) is 26.3 Å². The highest BCUT2D eigenvalue weighted by Gasteiger charge is 2.30. The van der Waals surface area contributed by atoms with Gasteiger partial charge >= 0.3 is 0 Å². The van der Waals surface area contributed by atoms with Gasteiger partial charge in [0.15, 0.2) is 0 Å². The maximum atomic E-state index is 13.0. The van der Waals surface area contributed by atoms with Gasteiger partial charge in [0, 0.05) is 25.3 Å². The number of carbonyl (C=O) groups excluding carboxylic acids is 3. The number of likely N-dealkylation sites (tertiary alicyclic amines) is 1. The van der Waals surface area contributed by atoms with Crippen molar-refractivity contribution in [1.29, 1.82) is 0 Å². The first kappa shape index (κ1) is 24.3. The molecule has 0 spiro atoms. The van der Waals surface area contributed by atoms with E-state index >= 15 is 0 Å². The molecule has 0 aliphatic carbocycles. The molecule has 1 atom stereocenters. The predicted octanol–water partition coefficient (Wildman–Crippen LogP) is 3.36. The number of piperidine rings is 1. The zero-order chi connectivity index (χ0) is 24.6. The molecule has 2 heterocycles. The van der Waals surface area contributed by atoms with Gasteiger partial charge in [-0.3, -0.25) is 14.4 Å². The molecule has 2 aromatic carbocycles. The number of hydrogen-bond donors (Lipinski definition) is 2. The van der Waals surface area contributed by atoms with E-state index in [-0.39, 0.29) is 27.7 Å². The molecule has 3 amide bonds. The number of carbonyl (C=O) groups is 3. The summed E-state index contributed by atoms with van der Waals surface area (Å²) in [4.78, 5) is 39.8. The summed E-state index contributed by atoms with van der Waals surface area (Å²) in [5, 5.41) is 13.8. The second kappa shape index (κ2) is 11.6. The molecule has 0 saturated carbocycles. The third-order valence-electron chi connectivity index (χ3n) is 5.61. The molecule has 10 heteroatoms. The van der Waals surface area contributed by atoms with Crippen LogP contribution in [0.1, 0.15) is 44.9 Å². The smallest absolute Gasteiger partial charge is 0.286 e. The van der Waals surface area contributed by atoms with Gasteiger partial charge in [-0.1, -0.05) is 41.7 Å². The Balaban J connectivity index is 1.30. The number of rotatable bonds is 8. The second-order valence-electron chi connectivity index (χ2n) is 8.12. The highest BCUT2D eigenvalue weighted by Crippen LogP contribution is 2.21. The maximum absolute atomic E-state index is 13.0. The number of ether oxygens (including phenoxy) is 1. The van der Waals surface area contributed by atoms with Crippen LogP contribution in [0.25, 0.3) is 0 Å². The van der Waals surface area contributed by atoms with E-state index in [1.54, 1.807) is 17.0 Å². The minimum atomic E-state index is -0.419. The number of hydrogen-bond acceptors (Lipinski definition) is 7. The van der Waals surface area contributed by atoms with Crippen LogP contribution in [0.2, 0.25) is 0 Å². The van der Waals surface area contributed by atoms with Gasteiger partial charge in [-0.15, -0.1) is 10.2 Å². The molecule has 0 unspecified atom stereocenters. The van der Waals surface area contributed by atoms with E-state index in [0.29, 0.717) is 44.8 Å². The van der Waals surface area contributed by atoms with E-state index in [9.17, 15) is 14.4 Å². The van der Waals surface area contributed by atoms with Gasteiger partial charge in [0.05, 0.1) is 12.5 Å². The number of aromatic nitrogens is 2. The van der Waals surface area contributed by atoms with Crippen molar-refractivity contribution in [2.24, 2.45) is 5.92 Å². The van der Waals surface area contributed by atoms with E-state index in [2.05, 4.69) is 20.8 Å². The third-order valence-corrected chi connectivity index (χ3v) is 6.52. The largest absolute Gasteiger partial charge is 0.494 e. The van der Waals surface area contributed by atoms with Crippen LogP contribution in [-0.4, -0.2) is 52.5 Å². The monoisotopic (exact) mass is 493 g/mol. The van der Waals surface area contributed by atoms with E-state index in [0.717, 1.165) is 22.6 Å². The topological polar surface area (TPSA) is 114 Å². The lowest BCUT2D eigenvalue weighted by atomic mass is 9.97. The number of amides is 3. The van der Waals surface area contributed by atoms with Crippen LogP contribution >= 0.6 is 11.3 Å². The van der Waals surface area contributed by atoms with Crippen molar-refractivity contribution < 1.29 is 19.1 Å². The van der Waals surface area contributed by atoms with Gasteiger partial charge < -0.3 is 20.3 Å². The van der Waals surface area contributed by atoms with Gasteiger partial charge in [-0.2, -0.15) is 0 Å². The van der Waals surface area contributed by atoms with E-state index < -0.39 is 5.91 Å². The average molecular weight is 494 g/mol. The number of para-hydroxylation sites is 1. The highest BCUT2D eigenvalue weighted by atomic mass is 32.1. The Morgan fingerprint density at radius 2 is 1.80 bits per heavy atom. The number of nitrogens with one attached hydrogen (secondary N) is 2. The van der Waals surface area contributed by atoms with Crippen molar-refractivity contribution in [3.8, 4) is 5.75 Å². The lowest BCUT2D eigenvalue weighted by molar-refractivity contribution is -0.126. The number of benzene rings is 2. The Hall–Kier alpha value is -3.79. The Bertz CT molecular complexity index is 1170. The van der Waals surface area contributed by atoms with Gasteiger partial charge in [0.25, 0.3) is 11.8 Å². The summed E-state index contributed by atoms with van der Waals surface area (Å²) in [6.07, 6.45) is 1.42. The van der Waals surface area contributed by atoms with E-state index in [1.165, 1.54) is 0 Å². The van der Waals surface area contributed by atoms with Gasteiger partial charge in [-0.05, 0) is 49.6 Å². The van der Waals surface area contributed by atoms with Crippen molar-refractivity contribution in [2.75, 3.05) is 25.0 Å². The molecule has 1 aliphatic heterocycles. The minimum absolute atomic E-state index is 0.0865. The predicted molar refractivity (Wildman–Crippen MR) is 132 cm³/mol. The molecule has 0 bridgehead atoms. The Morgan fingerprint density at radius 3 is 2.54 bits per heavy atom. The zero-order valence-electron chi connectivity index (χ0n) is 19.4. The summed E-state index contributed by atoms with van der Waals surface area (Å²) < 4.78 is 5.44. The number of nitrogens with zero attached hydrogens (tertiary/aromatic N) is 3. The van der Waals surface area contributed by atoms with Crippen LogP contribution in [0.5, 0.6) is 5.75 Å². The molecule has 1 aromatic heterocycles. The lowest BCUT2D eigenvalue weighted by Crippen LogP contribution is -2.45. The van der Waals surface area contributed by atoms with E-state index in [1.807, 2.05) is 49.4 Å². The summed E-state index contributed by atoms with van der Waals surface area (Å²) in [7, 11) is 0. The molecule has 0 radical (unpaired) electrons. The number of anilines is 1. The molecule has 3 aromatic rings. The fourth-order valence-electron chi connectivity index (χ4n) is 3.82. The van der Waals surface area contributed by atoms with Crippen molar-refractivity contribution in [3.63, 3.8) is 0 Å². The zero-order valence-corrected chi connectivity index (χ0v) is 20.2. The average Bonchev–Trinajstić information content (AvgIpc) is 3.39. The molecule has 1 aliphatic rings. The molecule has 1 fully saturated rings. The Kier molecular flexibility index (Phi) is 8.04. The molecule has 182 valence electrons. The molecule has 2 N–H and O–H groups in total. The quantitative estimate of drug-likeness (QED) is 0.498. The summed E-state index contributed by atoms with van der Waals surface area (Å²) in [6.45, 7) is 3.78. The summed E-state index contributed by atoms with van der Waals surface area (Å²) in [5.41, 5.74) is 1.61. The van der Waals surface area contributed by atoms with Crippen LogP contribution in [0.15, 0.2) is 54.6 Å². The standard InChI is InChI=1S/C25H27N5O4S/c1-2-34-20-12-10-17(11-13-20)15-26-21(31)18-7-6-14-30(16-18)25(33)24-29-28-23(35-24)22(32)27-19-8-4-3-5-9-19/h3-5,8-13,18H,2,6-7,14-16H2,1H3,(H,26,31)(H,27,32)/t18-/m1/s1. The fraction of sp³-hybridized carbons (Fsp3) is 0.320. The lowest BCUT2D eigenvalue weighted by Gasteiger charge is -2.31. The normalized spacial score (nSPS) is 15.3. The first-order valence-corrected chi connectivity index (χ1v) is 12.3. The molecular weight excluding hydrogens is 466 g/mol. The Labute approximate surface area is 207 Å². The first-order chi connectivity index (χ1) is 17.0. The fourth-order valence-corrected chi connectivity index (χ4v) is 4.53. The summed E-state index contributed by atoms with van der Waals surface area (Å²) >= 11 is 0.947. The van der Waals surface area contributed by atoms with Crippen LogP contribution in [0.3, 0.4) is 0 Å². The maximum Gasteiger partial charge on any atom is 0.286 e. The van der Waals surface area contributed by atoms with Gasteiger partial charge in [0.2, 0.25) is 15.9 Å². The van der Waals surface area contributed by atoms with Gasteiger partial charge in [0.1, 0.15) is 5.75 Å². The third kappa shape index (κ3) is 6.42. The van der Waals surface area contributed by atoms with Crippen LogP contribution in [0, 0.1) is 5.92 Å². The minimum Gasteiger partial charge on any atom is -0.494 e. The van der Waals surface area contributed by atoms with E-state index in [4.69, 9.17) is 4.74 Å². The molecule has 35 heavy (non-hydrogen) atoms. The summed E-state index contributed by atoms with van der Waals surface area (Å²) in [5.74, 6) is -0.328. The molecule has 1 saturated heterocycles. The van der Waals surface area contributed by atoms with Crippen molar-refractivity contribution in [3.05, 3.63) is 70.2 Å². The Morgan fingerprint density at radius 1 is 1.06 bits per heavy atom.